The molecular weight excluding hydrogens is 298 g/mol. The van der Waals surface area contributed by atoms with Gasteiger partial charge in [0.15, 0.2) is 11.5 Å². The summed E-state index contributed by atoms with van der Waals surface area (Å²) in [6.45, 7) is 0. The number of hydrogen-bond acceptors (Lipinski definition) is 3. The van der Waals surface area contributed by atoms with Gasteiger partial charge in [-0.2, -0.15) is 0 Å². The van der Waals surface area contributed by atoms with E-state index in [0.29, 0.717) is 10.8 Å². The van der Waals surface area contributed by atoms with Crippen molar-refractivity contribution < 1.29 is 9.47 Å². The number of benzene rings is 1. The van der Waals surface area contributed by atoms with Crippen molar-refractivity contribution in [1.82, 2.24) is 0 Å². The molecule has 0 unspecified atom stereocenters. The molecule has 0 spiro atoms. The molecule has 2 saturated carbocycles. The Balaban J connectivity index is 1.92. The maximum Gasteiger partial charge on any atom is 0.179 e. The van der Waals surface area contributed by atoms with E-state index in [4.69, 9.17) is 26.8 Å². The van der Waals surface area contributed by atoms with Gasteiger partial charge in [0.25, 0.3) is 0 Å². The Morgan fingerprint density at radius 1 is 1.09 bits per heavy atom. The van der Waals surface area contributed by atoms with Crippen molar-refractivity contribution in [2.45, 2.75) is 69.4 Å². The molecule has 0 aromatic heterocycles. The summed E-state index contributed by atoms with van der Waals surface area (Å²) >= 11 is 6.44. The zero-order valence-corrected chi connectivity index (χ0v) is 14.1. The monoisotopic (exact) mass is 323 g/mol. The molecule has 0 radical (unpaired) electrons. The smallest absolute Gasteiger partial charge is 0.179 e. The van der Waals surface area contributed by atoms with Crippen LogP contribution in [0.2, 0.25) is 5.02 Å². The number of nitrogens with two attached hydrogens (primary N) is 1. The van der Waals surface area contributed by atoms with Gasteiger partial charge in [0.05, 0.1) is 18.2 Å². The second-order valence-electron chi connectivity index (χ2n) is 6.73. The quantitative estimate of drug-likeness (QED) is 0.866. The number of hydrogen-bond donors (Lipinski definition) is 1. The van der Waals surface area contributed by atoms with Crippen LogP contribution in [0.25, 0.3) is 0 Å². The Bertz CT molecular complexity index is 520. The van der Waals surface area contributed by atoms with Crippen molar-refractivity contribution in [3.8, 4) is 11.5 Å². The predicted octanol–water partition coefficient (Wildman–Crippen LogP) is 4.79. The fourth-order valence-electron chi connectivity index (χ4n) is 3.80. The third-order valence-electron chi connectivity index (χ3n) is 5.13. The van der Waals surface area contributed by atoms with Gasteiger partial charge in [-0.15, -0.1) is 0 Å². The third kappa shape index (κ3) is 3.21. The second kappa shape index (κ2) is 6.67. The number of rotatable bonds is 4. The Kier molecular flexibility index (Phi) is 4.84. The van der Waals surface area contributed by atoms with Crippen molar-refractivity contribution in [1.29, 1.82) is 0 Å². The maximum absolute atomic E-state index is 6.66. The summed E-state index contributed by atoms with van der Waals surface area (Å²) in [6, 6.07) is 4.03. The molecule has 0 aliphatic heterocycles. The molecular formula is C18H26ClNO2. The van der Waals surface area contributed by atoms with Crippen LogP contribution < -0.4 is 15.2 Å². The first-order valence-corrected chi connectivity index (χ1v) is 8.84. The summed E-state index contributed by atoms with van der Waals surface area (Å²) in [4.78, 5) is 0. The lowest BCUT2D eigenvalue weighted by atomic mass is 9.77. The minimum Gasteiger partial charge on any atom is -0.491 e. The van der Waals surface area contributed by atoms with E-state index in [1.54, 1.807) is 7.11 Å². The topological polar surface area (TPSA) is 44.5 Å². The molecule has 3 rings (SSSR count). The molecule has 2 N–H and O–H groups in total. The Hall–Kier alpha value is -0.930. The SMILES string of the molecule is COc1c(Cl)cc(C2(N)CCCCC2)cc1OC1CCCC1. The third-order valence-corrected chi connectivity index (χ3v) is 5.41. The summed E-state index contributed by atoms with van der Waals surface area (Å²) in [5.41, 5.74) is 7.48. The molecule has 4 heteroatoms. The van der Waals surface area contributed by atoms with Crippen LogP contribution in [-0.4, -0.2) is 13.2 Å². The molecule has 1 aromatic carbocycles. The van der Waals surface area contributed by atoms with E-state index in [2.05, 4.69) is 6.07 Å². The molecule has 2 aliphatic carbocycles. The van der Waals surface area contributed by atoms with Crippen LogP contribution in [0.3, 0.4) is 0 Å². The molecule has 0 atom stereocenters. The van der Waals surface area contributed by atoms with Gasteiger partial charge in [-0.05, 0) is 56.2 Å². The second-order valence-corrected chi connectivity index (χ2v) is 7.14. The van der Waals surface area contributed by atoms with Gasteiger partial charge in [-0.1, -0.05) is 30.9 Å². The number of halogens is 1. The number of ether oxygens (including phenoxy) is 2. The molecule has 0 amide bonds. The summed E-state index contributed by atoms with van der Waals surface area (Å²) < 4.78 is 11.7. The van der Waals surface area contributed by atoms with Gasteiger partial charge in [-0.3, -0.25) is 0 Å². The molecule has 122 valence electrons. The average Bonchev–Trinajstić information content (AvgIpc) is 3.01. The highest BCUT2D eigenvalue weighted by Gasteiger charge is 2.31. The van der Waals surface area contributed by atoms with Gasteiger partial charge in [0.2, 0.25) is 0 Å². The molecule has 0 bridgehead atoms. The maximum atomic E-state index is 6.66. The van der Waals surface area contributed by atoms with Crippen LogP contribution in [-0.2, 0) is 5.54 Å². The van der Waals surface area contributed by atoms with E-state index < -0.39 is 0 Å². The molecule has 1 aromatic rings. The van der Waals surface area contributed by atoms with Gasteiger partial charge < -0.3 is 15.2 Å². The lowest BCUT2D eigenvalue weighted by Crippen LogP contribution is -2.38. The average molecular weight is 324 g/mol. The number of methoxy groups -OCH3 is 1. The van der Waals surface area contributed by atoms with Crippen molar-refractivity contribution >= 4 is 11.6 Å². The zero-order valence-electron chi connectivity index (χ0n) is 13.4. The van der Waals surface area contributed by atoms with Crippen molar-refractivity contribution in [3.05, 3.63) is 22.7 Å². The van der Waals surface area contributed by atoms with Crippen LogP contribution in [0.5, 0.6) is 11.5 Å². The fourth-order valence-corrected chi connectivity index (χ4v) is 4.09. The highest BCUT2D eigenvalue weighted by molar-refractivity contribution is 6.32. The van der Waals surface area contributed by atoms with Gasteiger partial charge in [-0.25, -0.2) is 0 Å². The zero-order chi connectivity index (χ0) is 15.6. The van der Waals surface area contributed by atoms with Crippen molar-refractivity contribution in [2.24, 2.45) is 5.73 Å². The largest absolute Gasteiger partial charge is 0.491 e. The molecule has 2 aliphatic rings. The van der Waals surface area contributed by atoms with E-state index in [-0.39, 0.29) is 11.6 Å². The van der Waals surface area contributed by atoms with E-state index in [0.717, 1.165) is 37.0 Å². The minimum absolute atomic E-state index is 0.276. The van der Waals surface area contributed by atoms with Crippen LogP contribution in [0.15, 0.2) is 12.1 Å². The fraction of sp³-hybridized carbons (Fsp3) is 0.667. The summed E-state index contributed by atoms with van der Waals surface area (Å²) in [6.07, 6.45) is 10.6. The Morgan fingerprint density at radius 3 is 2.41 bits per heavy atom. The lowest BCUT2D eigenvalue weighted by Gasteiger charge is -2.34. The normalized spacial score (nSPS) is 21.8. The first-order chi connectivity index (χ1) is 10.6. The van der Waals surface area contributed by atoms with E-state index in [1.165, 1.54) is 32.1 Å². The van der Waals surface area contributed by atoms with E-state index in [9.17, 15) is 0 Å². The minimum atomic E-state index is -0.276. The van der Waals surface area contributed by atoms with E-state index in [1.807, 2.05) is 6.07 Å². The standard InChI is InChI=1S/C18H26ClNO2/c1-21-17-15(19)11-13(18(20)9-5-2-6-10-18)12-16(17)22-14-7-3-4-8-14/h11-12,14H,2-10,20H2,1H3. The Labute approximate surface area is 138 Å². The highest BCUT2D eigenvalue weighted by Crippen LogP contribution is 2.43. The predicted molar refractivity (Wildman–Crippen MR) is 89.8 cm³/mol. The first kappa shape index (κ1) is 15.9. The van der Waals surface area contributed by atoms with Crippen LogP contribution in [0.1, 0.15) is 63.4 Å². The summed E-state index contributed by atoms with van der Waals surface area (Å²) in [7, 11) is 1.64. The molecule has 22 heavy (non-hydrogen) atoms. The molecule has 0 saturated heterocycles. The van der Waals surface area contributed by atoms with Gasteiger partial charge in [0.1, 0.15) is 0 Å². The van der Waals surface area contributed by atoms with Gasteiger partial charge in [0, 0.05) is 5.54 Å². The molecule has 0 heterocycles. The summed E-state index contributed by atoms with van der Waals surface area (Å²) in [5.74, 6) is 1.39. The Morgan fingerprint density at radius 2 is 1.77 bits per heavy atom. The van der Waals surface area contributed by atoms with E-state index >= 15 is 0 Å². The van der Waals surface area contributed by atoms with Crippen molar-refractivity contribution in [3.63, 3.8) is 0 Å². The van der Waals surface area contributed by atoms with Gasteiger partial charge >= 0.3 is 0 Å². The first-order valence-electron chi connectivity index (χ1n) is 8.46. The molecule has 2 fully saturated rings. The highest BCUT2D eigenvalue weighted by atomic mass is 35.5. The van der Waals surface area contributed by atoms with Crippen LogP contribution >= 0.6 is 11.6 Å². The van der Waals surface area contributed by atoms with Crippen LogP contribution in [0, 0.1) is 0 Å². The lowest BCUT2D eigenvalue weighted by molar-refractivity contribution is 0.199. The van der Waals surface area contributed by atoms with Crippen LogP contribution in [0.4, 0.5) is 0 Å². The molecule has 3 nitrogen and oxygen atoms in total. The summed E-state index contributed by atoms with van der Waals surface area (Å²) in [5, 5.41) is 0.600. The van der Waals surface area contributed by atoms with Crippen molar-refractivity contribution in [2.75, 3.05) is 7.11 Å².